The van der Waals surface area contributed by atoms with E-state index in [1.165, 1.54) is 24.3 Å². The molecule has 0 aliphatic rings. The van der Waals surface area contributed by atoms with E-state index in [0.29, 0.717) is 26.6 Å². The van der Waals surface area contributed by atoms with Crippen molar-refractivity contribution in [3.05, 3.63) is 83.9 Å². The summed E-state index contributed by atoms with van der Waals surface area (Å²) in [6, 6.07) is 17.6. The number of hydrogen-bond donors (Lipinski definition) is 5. The summed E-state index contributed by atoms with van der Waals surface area (Å²) < 4.78 is 81.7. The molecule has 3 rings (SSSR count). The monoisotopic (exact) mass is 686 g/mol. The number of nitrogen functional groups attached to an aromatic ring is 1. The van der Waals surface area contributed by atoms with Gasteiger partial charge in [-0.3, -0.25) is 15.0 Å². The summed E-state index contributed by atoms with van der Waals surface area (Å²) in [5.74, 6) is -5.20. The Bertz CT molecular complexity index is 1830. The molecule has 0 spiro atoms. The fourth-order valence-corrected chi connectivity index (χ4v) is 5.88. The van der Waals surface area contributed by atoms with Gasteiger partial charge in [0.1, 0.15) is 18.4 Å². The Morgan fingerprint density at radius 1 is 0.935 bits per heavy atom. The van der Waals surface area contributed by atoms with Crippen LogP contribution in [0, 0.1) is 5.41 Å². The molecule has 46 heavy (non-hydrogen) atoms. The summed E-state index contributed by atoms with van der Waals surface area (Å²) in [5.41, 5.74) is 7.71. The molecular formula is C28H29F3N4O9S2. The zero-order chi connectivity index (χ0) is 35.0. The summed E-state index contributed by atoms with van der Waals surface area (Å²) in [4.78, 5) is 33.9. The van der Waals surface area contributed by atoms with Crippen molar-refractivity contribution in [3.8, 4) is 11.1 Å². The molecule has 0 fully saturated rings. The van der Waals surface area contributed by atoms with Crippen molar-refractivity contribution in [1.29, 1.82) is 5.41 Å². The molecule has 18 heteroatoms. The number of alkyl halides is 3. The number of carbonyl (C=O) groups is 3. The number of nitrogens with one attached hydrogen (secondary N) is 2. The molecule has 6 N–H and O–H groups in total. The predicted octanol–water partition coefficient (Wildman–Crippen LogP) is 2.57. The maximum absolute atomic E-state index is 13.4. The van der Waals surface area contributed by atoms with E-state index >= 15 is 0 Å². The van der Waals surface area contributed by atoms with E-state index in [4.69, 9.17) is 21.0 Å². The van der Waals surface area contributed by atoms with Gasteiger partial charge in [-0.15, -0.1) is 0 Å². The lowest BCUT2D eigenvalue weighted by molar-refractivity contribution is -0.192. The maximum atomic E-state index is 13.4. The highest BCUT2D eigenvalue weighted by atomic mass is 32.2. The second-order valence-corrected chi connectivity index (χ2v) is 13.6. The molecule has 1 atom stereocenters. The van der Waals surface area contributed by atoms with Crippen LogP contribution in [0.15, 0.2) is 77.7 Å². The number of amidine groups is 1. The lowest BCUT2D eigenvalue weighted by atomic mass is 10.0. The third kappa shape index (κ3) is 11.0. The van der Waals surface area contributed by atoms with E-state index in [2.05, 4.69) is 5.32 Å². The van der Waals surface area contributed by atoms with Gasteiger partial charge in [0.25, 0.3) is 0 Å². The zero-order valence-corrected chi connectivity index (χ0v) is 25.8. The van der Waals surface area contributed by atoms with E-state index in [1.54, 1.807) is 48.5 Å². The number of nitrogens with two attached hydrogens (primary N) is 1. The lowest BCUT2D eigenvalue weighted by Crippen LogP contribution is -2.50. The fourth-order valence-electron chi connectivity index (χ4n) is 3.99. The molecule has 13 nitrogen and oxygen atoms in total. The molecule has 1 unspecified atom stereocenters. The number of carboxylic acid groups (broad SMARTS) is 2. The molecule has 3 aromatic carbocycles. The number of sulfonamides is 1. The Balaban J connectivity index is 0.000000942. The summed E-state index contributed by atoms with van der Waals surface area (Å²) in [7, 11) is -7.63. The highest BCUT2D eigenvalue weighted by molar-refractivity contribution is 7.90. The topological polar surface area (TPSA) is 225 Å². The first-order chi connectivity index (χ1) is 21.1. The van der Waals surface area contributed by atoms with Crippen molar-refractivity contribution in [2.45, 2.75) is 23.5 Å². The number of nitrogens with zero attached hydrogens (tertiary/aromatic N) is 1. The lowest BCUT2D eigenvalue weighted by Gasteiger charge is -2.28. The summed E-state index contributed by atoms with van der Waals surface area (Å²) in [5, 5.41) is 26.7. The number of halogens is 3. The van der Waals surface area contributed by atoms with Crippen molar-refractivity contribution >= 4 is 49.2 Å². The van der Waals surface area contributed by atoms with Crippen LogP contribution in [0.5, 0.6) is 0 Å². The number of amides is 1. The van der Waals surface area contributed by atoms with E-state index in [-0.39, 0.29) is 22.8 Å². The van der Waals surface area contributed by atoms with Gasteiger partial charge >= 0.3 is 18.1 Å². The van der Waals surface area contributed by atoms with Crippen LogP contribution in [0.4, 0.5) is 18.9 Å². The summed E-state index contributed by atoms with van der Waals surface area (Å²) in [6.45, 7) is -0.940. The quantitative estimate of drug-likeness (QED) is 0.146. The molecule has 0 saturated heterocycles. The largest absolute Gasteiger partial charge is 0.490 e. The Kier molecular flexibility index (Phi) is 12.2. The number of rotatable bonds is 11. The summed E-state index contributed by atoms with van der Waals surface area (Å²) in [6.07, 6.45) is -3.35. The smallest absolute Gasteiger partial charge is 0.480 e. The van der Waals surface area contributed by atoms with Gasteiger partial charge in [-0.05, 0) is 41.8 Å². The van der Waals surface area contributed by atoms with Gasteiger partial charge in [-0.2, -0.15) is 17.5 Å². The molecule has 0 heterocycles. The van der Waals surface area contributed by atoms with E-state index in [9.17, 15) is 44.7 Å². The Morgan fingerprint density at radius 2 is 1.50 bits per heavy atom. The predicted molar refractivity (Wildman–Crippen MR) is 161 cm³/mol. The van der Waals surface area contributed by atoms with Crippen LogP contribution in [0.2, 0.25) is 0 Å². The third-order valence-electron chi connectivity index (χ3n) is 6.03. The van der Waals surface area contributed by atoms with Crippen molar-refractivity contribution in [2.75, 3.05) is 24.4 Å². The highest BCUT2D eigenvalue weighted by Crippen LogP contribution is 2.28. The van der Waals surface area contributed by atoms with Crippen LogP contribution >= 0.6 is 0 Å². The van der Waals surface area contributed by atoms with Crippen LogP contribution < -0.4 is 11.1 Å². The Morgan fingerprint density at radius 3 is 1.98 bits per heavy atom. The van der Waals surface area contributed by atoms with E-state index < -0.39 is 56.5 Å². The SMILES string of the molecule is CS(=O)(=O)c1ccccc1-c1ccc(NC(=O)C(Cc2cccc(C(=N)N)c2)N(CC(=O)O)S(C)(=O)=O)cc1.O=C(O)C(F)(F)F. The van der Waals surface area contributed by atoms with Crippen LogP contribution in [-0.2, 0) is 40.7 Å². The molecule has 0 saturated carbocycles. The standard InChI is InChI=1S/C26H28N4O7S2.C2HF3O2/c1-38(34,35)23-9-4-3-8-21(23)18-10-12-20(13-11-18)29-26(33)22(30(16-24(31)32)39(2,36)37)15-17-6-5-7-19(14-17)25(27)28;3-2(4,5)1(6)7/h3-14,22H,15-16H2,1-2H3,(H3,27,28)(H,29,33)(H,31,32);(H,6,7). The third-order valence-corrected chi connectivity index (χ3v) is 8.42. The first kappa shape index (κ1) is 37.4. The van der Waals surface area contributed by atoms with Crippen LogP contribution in [0.3, 0.4) is 0 Å². The van der Waals surface area contributed by atoms with E-state index in [0.717, 1.165) is 12.5 Å². The summed E-state index contributed by atoms with van der Waals surface area (Å²) >= 11 is 0. The number of benzene rings is 3. The first-order valence-corrected chi connectivity index (χ1v) is 16.5. The van der Waals surface area contributed by atoms with Crippen LogP contribution in [0.1, 0.15) is 11.1 Å². The van der Waals surface area contributed by atoms with Crippen LogP contribution in [-0.4, -0.2) is 86.3 Å². The molecule has 0 aliphatic carbocycles. The number of anilines is 1. The highest BCUT2D eigenvalue weighted by Gasteiger charge is 2.38. The van der Waals surface area contributed by atoms with Gasteiger partial charge in [-0.25, -0.2) is 21.6 Å². The zero-order valence-electron chi connectivity index (χ0n) is 24.1. The second kappa shape index (κ2) is 15.0. The number of aliphatic carboxylic acids is 2. The fraction of sp³-hybridized carbons (Fsp3) is 0.214. The Labute approximate surface area is 261 Å². The average Bonchev–Trinajstić information content (AvgIpc) is 2.94. The molecule has 3 aromatic rings. The molecule has 0 bridgehead atoms. The minimum absolute atomic E-state index is 0.145. The molecule has 248 valence electrons. The minimum Gasteiger partial charge on any atom is -0.480 e. The van der Waals surface area contributed by atoms with Gasteiger partial charge in [-0.1, -0.05) is 48.5 Å². The second-order valence-electron chi connectivity index (χ2n) is 9.67. The van der Waals surface area contributed by atoms with Gasteiger partial charge in [0.15, 0.2) is 9.84 Å². The van der Waals surface area contributed by atoms with E-state index in [1.807, 2.05) is 0 Å². The number of carboxylic acids is 2. The molecular weight excluding hydrogens is 657 g/mol. The first-order valence-electron chi connectivity index (χ1n) is 12.7. The van der Waals surface area contributed by atoms with Gasteiger partial charge in [0.2, 0.25) is 15.9 Å². The van der Waals surface area contributed by atoms with Crippen molar-refractivity contribution in [1.82, 2.24) is 4.31 Å². The van der Waals surface area contributed by atoms with Crippen molar-refractivity contribution in [2.24, 2.45) is 5.73 Å². The molecule has 0 radical (unpaired) electrons. The number of hydrogen-bond acceptors (Lipinski definition) is 8. The van der Waals surface area contributed by atoms with Crippen LogP contribution in [0.25, 0.3) is 11.1 Å². The normalized spacial score (nSPS) is 12.4. The number of carbonyl (C=O) groups excluding carboxylic acids is 1. The minimum atomic E-state index is -5.08. The Hall–Kier alpha value is -4.81. The maximum Gasteiger partial charge on any atom is 0.490 e. The molecule has 0 aromatic heterocycles. The molecule has 1 amide bonds. The average molecular weight is 687 g/mol. The van der Waals surface area contributed by atoms with Crippen molar-refractivity contribution < 1.29 is 54.6 Å². The molecule has 0 aliphatic heterocycles. The van der Waals surface area contributed by atoms with Gasteiger partial charge in [0.05, 0.1) is 11.2 Å². The van der Waals surface area contributed by atoms with Gasteiger partial charge in [0, 0.05) is 23.1 Å². The number of sulfone groups is 1. The van der Waals surface area contributed by atoms with Gasteiger partial charge < -0.3 is 21.3 Å². The van der Waals surface area contributed by atoms with Crippen molar-refractivity contribution in [3.63, 3.8) is 0 Å².